The molecule has 1 unspecified atom stereocenters. The van der Waals surface area contributed by atoms with Crippen LogP contribution in [0, 0.1) is 0 Å². The summed E-state index contributed by atoms with van der Waals surface area (Å²) in [7, 11) is 0. The van der Waals surface area contributed by atoms with Crippen LogP contribution in [-0.2, 0) is 6.54 Å². The number of fused-ring (bicyclic) bond motifs is 2. The van der Waals surface area contributed by atoms with E-state index in [1.165, 1.54) is 0 Å². The second-order valence-corrected chi connectivity index (χ2v) is 8.88. The van der Waals surface area contributed by atoms with Crippen molar-refractivity contribution < 1.29 is 23.1 Å². The number of rotatable bonds is 8. The van der Waals surface area contributed by atoms with Crippen molar-refractivity contribution in [1.82, 2.24) is 4.90 Å². The Bertz CT molecular complexity index is 1470. The van der Waals surface area contributed by atoms with Gasteiger partial charge in [0.2, 0.25) is 5.76 Å². The zero-order chi connectivity index (χ0) is 24.5. The van der Waals surface area contributed by atoms with Crippen LogP contribution in [-0.4, -0.2) is 24.0 Å². The molecule has 2 aromatic heterocycles. The van der Waals surface area contributed by atoms with Crippen molar-refractivity contribution in [1.29, 1.82) is 0 Å². The van der Waals surface area contributed by atoms with Gasteiger partial charge in [-0.1, -0.05) is 34.7 Å². The molecule has 4 aromatic rings. The molecule has 2 aromatic carbocycles. The number of hydrogen-bond acceptors (Lipinski definition) is 6. The minimum Gasteiger partial charge on any atom is -0.490 e. The summed E-state index contributed by atoms with van der Waals surface area (Å²) in [5.41, 5.74) is 1.08. The molecule has 5 rings (SSSR count). The molecule has 35 heavy (non-hydrogen) atoms. The van der Waals surface area contributed by atoms with Crippen molar-refractivity contribution in [2.24, 2.45) is 0 Å². The van der Waals surface area contributed by atoms with Crippen molar-refractivity contribution in [2.75, 3.05) is 13.2 Å². The molecule has 0 saturated carbocycles. The molecule has 7 nitrogen and oxygen atoms in total. The molecule has 0 fully saturated rings. The van der Waals surface area contributed by atoms with Crippen LogP contribution in [0.4, 0.5) is 0 Å². The Hall–Kier alpha value is -3.78. The van der Waals surface area contributed by atoms with Crippen molar-refractivity contribution in [2.45, 2.75) is 19.5 Å². The summed E-state index contributed by atoms with van der Waals surface area (Å²) < 4.78 is 23.8. The van der Waals surface area contributed by atoms with Gasteiger partial charge in [0.25, 0.3) is 5.91 Å². The Balaban J connectivity index is 1.70. The fraction of sp³-hybridized carbons (Fsp3) is 0.185. The molecule has 1 aliphatic heterocycles. The van der Waals surface area contributed by atoms with E-state index in [0.717, 1.165) is 4.47 Å². The molecule has 0 spiro atoms. The Morgan fingerprint density at radius 1 is 1.11 bits per heavy atom. The highest BCUT2D eigenvalue weighted by molar-refractivity contribution is 9.10. The maximum absolute atomic E-state index is 13.7. The lowest BCUT2D eigenvalue weighted by Crippen LogP contribution is -2.29. The van der Waals surface area contributed by atoms with Crippen LogP contribution >= 0.6 is 15.9 Å². The molecule has 1 aliphatic rings. The smallest absolute Gasteiger partial charge is 0.291 e. The highest BCUT2D eigenvalue weighted by atomic mass is 79.9. The summed E-state index contributed by atoms with van der Waals surface area (Å²) >= 11 is 3.42. The molecule has 0 aliphatic carbocycles. The molecule has 3 heterocycles. The highest BCUT2D eigenvalue weighted by Gasteiger charge is 2.43. The number of nitrogens with zero attached hydrogens (tertiary/aromatic N) is 1. The summed E-state index contributed by atoms with van der Waals surface area (Å²) in [4.78, 5) is 28.9. The Labute approximate surface area is 209 Å². The van der Waals surface area contributed by atoms with Crippen LogP contribution in [0.15, 0.2) is 85.6 Å². The first-order valence-corrected chi connectivity index (χ1v) is 11.9. The summed E-state index contributed by atoms with van der Waals surface area (Å²) in [5.74, 6) is 1.30. The second kappa shape index (κ2) is 9.46. The van der Waals surface area contributed by atoms with E-state index in [1.807, 2.05) is 13.0 Å². The number of carbonyl (C=O) groups excluding carboxylic acids is 1. The first-order valence-electron chi connectivity index (χ1n) is 11.1. The van der Waals surface area contributed by atoms with Crippen molar-refractivity contribution in [3.8, 4) is 11.5 Å². The number of halogens is 1. The molecule has 0 saturated heterocycles. The number of benzene rings is 2. The van der Waals surface area contributed by atoms with E-state index >= 15 is 0 Å². The van der Waals surface area contributed by atoms with Crippen LogP contribution in [0.1, 0.15) is 40.4 Å². The number of furan rings is 1. The van der Waals surface area contributed by atoms with E-state index in [2.05, 4.69) is 22.5 Å². The number of hydrogen-bond donors (Lipinski definition) is 0. The topological polar surface area (TPSA) is 82.1 Å². The summed E-state index contributed by atoms with van der Waals surface area (Å²) in [6, 6.07) is 13.4. The van der Waals surface area contributed by atoms with E-state index in [-0.39, 0.29) is 29.2 Å². The van der Waals surface area contributed by atoms with Gasteiger partial charge in [0.05, 0.1) is 36.4 Å². The molecule has 0 bridgehead atoms. The van der Waals surface area contributed by atoms with Gasteiger partial charge in [-0.25, -0.2) is 0 Å². The lowest BCUT2D eigenvalue weighted by Gasteiger charge is -2.25. The number of carbonyl (C=O) groups is 1. The standard InChI is InChI=1S/C27H22BrNO6/c1-3-11-34-21-9-7-16(13-22(21)32-4-2)24-23-25(30)19-14-17(28)8-10-20(19)35-26(23)27(31)29(24)15-18-6-5-12-33-18/h3,5-10,12-14,24H,1,4,11,15H2,2H3. The van der Waals surface area contributed by atoms with Crippen LogP contribution in [0.3, 0.4) is 0 Å². The van der Waals surface area contributed by atoms with E-state index in [0.29, 0.717) is 47.0 Å². The van der Waals surface area contributed by atoms with Crippen molar-refractivity contribution >= 4 is 32.8 Å². The largest absolute Gasteiger partial charge is 0.490 e. The van der Waals surface area contributed by atoms with Crippen LogP contribution < -0.4 is 14.9 Å². The van der Waals surface area contributed by atoms with E-state index < -0.39 is 6.04 Å². The molecule has 8 heteroatoms. The summed E-state index contributed by atoms with van der Waals surface area (Å²) in [6.45, 7) is 6.47. The van der Waals surface area contributed by atoms with Gasteiger partial charge in [0.15, 0.2) is 16.9 Å². The molecule has 1 amide bonds. The zero-order valence-corrected chi connectivity index (χ0v) is 20.5. The van der Waals surface area contributed by atoms with Crippen molar-refractivity contribution in [3.05, 3.63) is 105 Å². The first kappa shape index (κ1) is 23.0. The quantitative estimate of drug-likeness (QED) is 0.263. The SMILES string of the molecule is C=CCOc1ccc(C2c3c(oc4ccc(Br)cc4c3=O)C(=O)N2Cc2ccco2)cc1OCC. The van der Waals surface area contributed by atoms with Gasteiger partial charge >= 0.3 is 0 Å². The van der Waals surface area contributed by atoms with Crippen LogP contribution in [0.25, 0.3) is 11.0 Å². The van der Waals surface area contributed by atoms with E-state index in [1.54, 1.807) is 59.7 Å². The molecule has 1 atom stereocenters. The van der Waals surface area contributed by atoms with E-state index in [4.69, 9.17) is 18.3 Å². The minimum absolute atomic E-state index is 0.0336. The third kappa shape index (κ3) is 4.14. The predicted molar refractivity (Wildman–Crippen MR) is 134 cm³/mol. The van der Waals surface area contributed by atoms with Gasteiger partial charge in [-0.3, -0.25) is 9.59 Å². The Kier molecular flexibility index (Phi) is 6.21. The Morgan fingerprint density at radius 3 is 2.71 bits per heavy atom. The fourth-order valence-electron chi connectivity index (χ4n) is 4.30. The van der Waals surface area contributed by atoms with Gasteiger partial charge < -0.3 is 23.2 Å². The zero-order valence-electron chi connectivity index (χ0n) is 19.0. The third-order valence-electron chi connectivity index (χ3n) is 5.77. The molecule has 178 valence electrons. The monoisotopic (exact) mass is 535 g/mol. The van der Waals surface area contributed by atoms with Crippen LogP contribution in [0.5, 0.6) is 11.5 Å². The lowest BCUT2D eigenvalue weighted by atomic mass is 9.98. The van der Waals surface area contributed by atoms with Gasteiger partial charge in [0.1, 0.15) is 18.0 Å². The highest BCUT2D eigenvalue weighted by Crippen LogP contribution is 2.42. The average molecular weight is 536 g/mol. The fourth-order valence-corrected chi connectivity index (χ4v) is 4.66. The summed E-state index contributed by atoms with van der Waals surface area (Å²) in [6.07, 6.45) is 3.20. The molecular formula is C27H22BrNO6. The number of ether oxygens (including phenoxy) is 2. The number of amides is 1. The maximum atomic E-state index is 13.7. The molecular weight excluding hydrogens is 514 g/mol. The maximum Gasteiger partial charge on any atom is 0.291 e. The van der Waals surface area contributed by atoms with Gasteiger partial charge in [0, 0.05) is 4.47 Å². The lowest BCUT2D eigenvalue weighted by molar-refractivity contribution is 0.0701. The van der Waals surface area contributed by atoms with E-state index in [9.17, 15) is 9.59 Å². The van der Waals surface area contributed by atoms with Crippen molar-refractivity contribution in [3.63, 3.8) is 0 Å². The molecule has 0 N–H and O–H groups in total. The normalized spacial score (nSPS) is 14.9. The van der Waals surface area contributed by atoms with Gasteiger partial charge in [-0.15, -0.1) is 0 Å². The predicted octanol–water partition coefficient (Wildman–Crippen LogP) is 5.86. The average Bonchev–Trinajstić information content (AvgIpc) is 3.46. The third-order valence-corrected chi connectivity index (χ3v) is 6.27. The van der Waals surface area contributed by atoms with Crippen LogP contribution in [0.2, 0.25) is 0 Å². The summed E-state index contributed by atoms with van der Waals surface area (Å²) in [5, 5.41) is 0.395. The van der Waals surface area contributed by atoms with Gasteiger partial charge in [-0.2, -0.15) is 0 Å². The Morgan fingerprint density at radius 2 is 1.97 bits per heavy atom. The molecule has 0 radical (unpaired) electrons. The minimum atomic E-state index is -0.699. The first-order chi connectivity index (χ1) is 17.0. The van der Waals surface area contributed by atoms with Gasteiger partial charge in [-0.05, 0) is 55.0 Å². The second-order valence-electron chi connectivity index (χ2n) is 7.97.